The molecule has 0 spiro atoms. The first-order chi connectivity index (χ1) is 6.15. The smallest absolute Gasteiger partial charge is 0.0552 e. The summed E-state index contributed by atoms with van der Waals surface area (Å²) in [5, 5.41) is 9.52. The minimum absolute atomic E-state index is 0.133. The van der Waals surface area contributed by atoms with Gasteiger partial charge in [-0.1, -0.05) is 6.92 Å². The molecular weight excluding hydrogens is 162 g/mol. The van der Waals surface area contributed by atoms with Crippen molar-refractivity contribution >= 4 is 0 Å². The van der Waals surface area contributed by atoms with Crippen LogP contribution in [0.5, 0.6) is 0 Å². The van der Waals surface area contributed by atoms with E-state index in [0.29, 0.717) is 12.0 Å². The third-order valence-corrected chi connectivity index (χ3v) is 3.39. The van der Waals surface area contributed by atoms with E-state index in [-0.39, 0.29) is 6.10 Å². The fraction of sp³-hybridized carbons (Fsp3) is 1.00. The van der Waals surface area contributed by atoms with Crippen molar-refractivity contribution in [3.63, 3.8) is 0 Å². The molecule has 3 atom stereocenters. The molecule has 2 nitrogen and oxygen atoms in total. The van der Waals surface area contributed by atoms with Gasteiger partial charge in [0.2, 0.25) is 0 Å². The summed E-state index contributed by atoms with van der Waals surface area (Å²) in [4.78, 5) is 2.51. The Morgan fingerprint density at radius 1 is 1.46 bits per heavy atom. The number of piperidine rings is 1. The van der Waals surface area contributed by atoms with E-state index in [9.17, 15) is 5.11 Å². The molecule has 1 aliphatic heterocycles. The Labute approximate surface area is 81.9 Å². The Hall–Kier alpha value is -0.0800. The van der Waals surface area contributed by atoms with Crippen molar-refractivity contribution in [1.29, 1.82) is 0 Å². The zero-order valence-corrected chi connectivity index (χ0v) is 9.16. The summed E-state index contributed by atoms with van der Waals surface area (Å²) in [7, 11) is 0. The lowest BCUT2D eigenvalue weighted by atomic mass is 9.92. The second kappa shape index (κ2) is 4.97. The fourth-order valence-corrected chi connectivity index (χ4v) is 2.09. The summed E-state index contributed by atoms with van der Waals surface area (Å²) >= 11 is 0. The van der Waals surface area contributed by atoms with Gasteiger partial charge in [-0.05, 0) is 45.6 Å². The van der Waals surface area contributed by atoms with Crippen LogP contribution in [0.1, 0.15) is 40.0 Å². The van der Waals surface area contributed by atoms with Crippen molar-refractivity contribution in [2.45, 2.75) is 52.2 Å². The van der Waals surface area contributed by atoms with Crippen LogP contribution in [0.3, 0.4) is 0 Å². The van der Waals surface area contributed by atoms with Crippen LogP contribution in [-0.4, -0.2) is 35.2 Å². The quantitative estimate of drug-likeness (QED) is 0.725. The average molecular weight is 185 g/mol. The van der Waals surface area contributed by atoms with Crippen molar-refractivity contribution in [2.24, 2.45) is 5.92 Å². The summed E-state index contributed by atoms with van der Waals surface area (Å²) in [6.45, 7) is 8.75. The highest BCUT2D eigenvalue weighted by Crippen LogP contribution is 2.21. The standard InChI is InChI=1S/C11H23NO/c1-4-9(2)12-7-5-6-11(8-12)10(3)13/h9-11,13H,4-8H2,1-3H3. The van der Waals surface area contributed by atoms with Crippen molar-refractivity contribution < 1.29 is 5.11 Å². The maximum atomic E-state index is 9.52. The van der Waals surface area contributed by atoms with Gasteiger partial charge >= 0.3 is 0 Å². The summed E-state index contributed by atoms with van der Waals surface area (Å²) in [5.41, 5.74) is 0. The maximum absolute atomic E-state index is 9.52. The van der Waals surface area contributed by atoms with Crippen molar-refractivity contribution in [3.8, 4) is 0 Å². The molecule has 0 amide bonds. The van der Waals surface area contributed by atoms with Gasteiger partial charge in [-0.3, -0.25) is 0 Å². The van der Waals surface area contributed by atoms with Gasteiger partial charge in [-0.2, -0.15) is 0 Å². The first-order valence-electron chi connectivity index (χ1n) is 5.57. The first kappa shape index (κ1) is 11.0. The predicted molar refractivity (Wildman–Crippen MR) is 55.7 cm³/mol. The molecular formula is C11H23NO. The lowest BCUT2D eigenvalue weighted by Gasteiger charge is -2.37. The molecule has 0 bridgehead atoms. The fourth-order valence-electron chi connectivity index (χ4n) is 2.09. The lowest BCUT2D eigenvalue weighted by molar-refractivity contribution is 0.0467. The molecule has 0 aromatic heterocycles. The molecule has 78 valence electrons. The Morgan fingerprint density at radius 3 is 2.69 bits per heavy atom. The minimum atomic E-state index is -0.133. The molecule has 1 saturated heterocycles. The summed E-state index contributed by atoms with van der Waals surface area (Å²) in [6, 6.07) is 0.682. The van der Waals surface area contributed by atoms with Gasteiger partial charge in [-0.25, -0.2) is 0 Å². The zero-order valence-electron chi connectivity index (χ0n) is 9.16. The highest BCUT2D eigenvalue weighted by Gasteiger charge is 2.25. The summed E-state index contributed by atoms with van der Waals surface area (Å²) in [6.07, 6.45) is 3.53. The van der Waals surface area contributed by atoms with Crippen LogP contribution in [0.2, 0.25) is 0 Å². The highest BCUT2D eigenvalue weighted by atomic mass is 16.3. The van der Waals surface area contributed by atoms with E-state index in [4.69, 9.17) is 0 Å². The molecule has 0 aromatic carbocycles. The number of nitrogens with zero attached hydrogens (tertiary/aromatic N) is 1. The molecule has 3 unspecified atom stereocenters. The monoisotopic (exact) mass is 185 g/mol. The van der Waals surface area contributed by atoms with Crippen LogP contribution < -0.4 is 0 Å². The van der Waals surface area contributed by atoms with Crippen LogP contribution >= 0.6 is 0 Å². The number of likely N-dealkylation sites (tertiary alicyclic amines) is 1. The van der Waals surface area contributed by atoms with Gasteiger partial charge in [0.05, 0.1) is 6.10 Å². The van der Waals surface area contributed by atoms with Crippen LogP contribution in [0.15, 0.2) is 0 Å². The van der Waals surface area contributed by atoms with Crippen LogP contribution in [0, 0.1) is 5.92 Å². The van der Waals surface area contributed by atoms with E-state index < -0.39 is 0 Å². The molecule has 0 aliphatic carbocycles. The summed E-state index contributed by atoms with van der Waals surface area (Å²) in [5.74, 6) is 0.503. The zero-order chi connectivity index (χ0) is 9.84. The lowest BCUT2D eigenvalue weighted by Crippen LogP contribution is -2.43. The molecule has 1 fully saturated rings. The van der Waals surface area contributed by atoms with E-state index in [0.717, 1.165) is 6.54 Å². The molecule has 2 heteroatoms. The molecule has 1 N–H and O–H groups in total. The molecule has 1 heterocycles. The van der Waals surface area contributed by atoms with Gasteiger partial charge in [0.1, 0.15) is 0 Å². The SMILES string of the molecule is CCC(C)N1CCCC(C(C)O)C1. The Kier molecular flexibility index (Phi) is 4.20. The topological polar surface area (TPSA) is 23.5 Å². The van der Waals surface area contributed by atoms with Gasteiger partial charge in [0, 0.05) is 12.6 Å². The van der Waals surface area contributed by atoms with E-state index in [2.05, 4.69) is 18.7 Å². The molecule has 1 aliphatic rings. The van der Waals surface area contributed by atoms with Crippen LogP contribution in [0.25, 0.3) is 0 Å². The normalized spacial score (nSPS) is 30.0. The minimum Gasteiger partial charge on any atom is -0.393 e. The van der Waals surface area contributed by atoms with Crippen LogP contribution in [0.4, 0.5) is 0 Å². The third-order valence-electron chi connectivity index (χ3n) is 3.39. The van der Waals surface area contributed by atoms with Crippen molar-refractivity contribution in [3.05, 3.63) is 0 Å². The third kappa shape index (κ3) is 2.96. The summed E-state index contributed by atoms with van der Waals surface area (Å²) < 4.78 is 0. The Balaban J connectivity index is 2.41. The number of aliphatic hydroxyl groups is 1. The average Bonchev–Trinajstić information content (AvgIpc) is 2.17. The number of rotatable bonds is 3. The molecule has 0 aromatic rings. The second-order valence-corrected chi connectivity index (χ2v) is 4.40. The maximum Gasteiger partial charge on any atom is 0.0552 e. The molecule has 13 heavy (non-hydrogen) atoms. The predicted octanol–water partition coefficient (Wildman–Crippen LogP) is 1.88. The number of aliphatic hydroxyl groups excluding tert-OH is 1. The number of hydrogen-bond donors (Lipinski definition) is 1. The highest BCUT2D eigenvalue weighted by molar-refractivity contribution is 4.78. The van der Waals surface area contributed by atoms with Gasteiger partial charge in [0.25, 0.3) is 0 Å². The van der Waals surface area contributed by atoms with Gasteiger partial charge in [0.15, 0.2) is 0 Å². The molecule has 0 saturated carbocycles. The number of hydrogen-bond acceptors (Lipinski definition) is 2. The van der Waals surface area contributed by atoms with E-state index in [1.165, 1.54) is 25.8 Å². The van der Waals surface area contributed by atoms with Crippen molar-refractivity contribution in [1.82, 2.24) is 4.90 Å². The van der Waals surface area contributed by atoms with Crippen LogP contribution in [-0.2, 0) is 0 Å². The molecule has 1 rings (SSSR count). The Morgan fingerprint density at radius 2 is 2.15 bits per heavy atom. The van der Waals surface area contributed by atoms with E-state index >= 15 is 0 Å². The van der Waals surface area contributed by atoms with Gasteiger partial charge in [-0.15, -0.1) is 0 Å². The largest absolute Gasteiger partial charge is 0.393 e. The van der Waals surface area contributed by atoms with E-state index in [1.54, 1.807) is 0 Å². The second-order valence-electron chi connectivity index (χ2n) is 4.40. The molecule has 0 radical (unpaired) electrons. The van der Waals surface area contributed by atoms with E-state index in [1.807, 2.05) is 6.92 Å². The van der Waals surface area contributed by atoms with Crippen molar-refractivity contribution in [2.75, 3.05) is 13.1 Å². The first-order valence-corrected chi connectivity index (χ1v) is 5.57. The Bertz CT molecular complexity index is 147. The van der Waals surface area contributed by atoms with Gasteiger partial charge < -0.3 is 10.0 Å².